The van der Waals surface area contributed by atoms with Crippen molar-refractivity contribution >= 4 is 29.6 Å². The van der Waals surface area contributed by atoms with Gasteiger partial charge in [-0.2, -0.15) is 31.6 Å². The Bertz CT molecular complexity index is 1010. The predicted molar refractivity (Wildman–Crippen MR) is 128 cm³/mol. The van der Waals surface area contributed by atoms with Gasteiger partial charge in [-0.3, -0.25) is 9.69 Å². The molecule has 0 radical (unpaired) electrons. The molecule has 0 aromatic carbocycles. The van der Waals surface area contributed by atoms with Gasteiger partial charge in [0.1, 0.15) is 6.04 Å². The smallest absolute Gasteiger partial charge is 0.475 e. The summed E-state index contributed by atoms with van der Waals surface area (Å²) in [5.41, 5.74) is 0. The number of thioether (sulfide) groups is 1. The van der Waals surface area contributed by atoms with Gasteiger partial charge < -0.3 is 19.8 Å². The van der Waals surface area contributed by atoms with Gasteiger partial charge >= 0.3 is 24.3 Å². The molecule has 2 unspecified atom stereocenters. The van der Waals surface area contributed by atoms with Gasteiger partial charge in [-0.05, 0) is 19.3 Å². The van der Waals surface area contributed by atoms with Gasteiger partial charge in [-0.15, -0.1) is 11.8 Å². The van der Waals surface area contributed by atoms with E-state index in [0.29, 0.717) is 44.3 Å². The first kappa shape index (κ1) is 34.2. The van der Waals surface area contributed by atoms with Gasteiger partial charge in [0.25, 0.3) is 0 Å². The van der Waals surface area contributed by atoms with Crippen LogP contribution in [0, 0.1) is 11.3 Å². The minimum absolute atomic E-state index is 0.129. The number of ether oxygens (including phenoxy) is 1. The van der Waals surface area contributed by atoms with Crippen LogP contribution in [-0.2, 0) is 19.1 Å². The van der Waals surface area contributed by atoms with E-state index in [1.807, 2.05) is 21.5 Å². The highest BCUT2D eigenvalue weighted by Crippen LogP contribution is 2.33. The molecule has 1 amide bonds. The Morgan fingerprint density at radius 3 is 1.93 bits per heavy atom. The second-order valence-electron chi connectivity index (χ2n) is 8.96. The molecule has 3 fully saturated rings. The second kappa shape index (κ2) is 14.7. The highest BCUT2D eigenvalue weighted by molar-refractivity contribution is 8.00. The van der Waals surface area contributed by atoms with Crippen molar-refractivity contribution < 1.29 is 60.3 Å². The number of hydrogen-bond donors (Lipinski definition) is 2. The van der Waals surface area contributed by atoms with Crippen LogP contribution in [0.5, 0.6) is 0 Å². The summed E-state index contributed by atoms with van der Waals surface area (Å²) in [5.74, 6) is -4.48. The van der Waals surface area contributed by atoms with Gasteiger partial charge in [0.05, 0.1) is 37.2 Å². The SMILES string of the molecule is CCC1SCC(C#N)N1n1on1C1CCN(CC(=O)N2CCOCC2)CC1.O=C(O)C(F)(F)F.O=C(O)C(F)(F)F. The molecule has 1 aromatic heterocycles. The van der Waals surface area contributed by atoms with Crippen LogP contribution in [0.15, 0.2) is 4.63 Å². The number of nitrogens with zero attached hydrogens (tertiary/aromatic N) is 6. The summed E-state index contributed by atoms with van der Waals surface area (Å²) in [7, 11) is 0. The van der Waals surface area contributed by atoms with E-state index in [2.05, 4.69) is 22.9 Å². The number of alkyl halides is 6. The number of carboxylic acid groups (broad SMARTS) is 2. The molecule has 3 aliphatic rings. The zero-order valence-electron chi connectivity index (χ0n) is 21.8. The third-order valence-corrected chi connectivity index (χ3v) is 7.58. The Hall–Kier alpha value is -3.05. The van der Waals surface area contributed by atoms with E-state index in [0.717, 1.165) is 38.1 Å². The zero-order chi connectivity index (χ0) is 31.0. The van der Waals surface area contributed by atoms with E-state index in [-0.39, 0.29) is 11.9 Å². The number of likely N-dealkylation sites (tertiary alicyclic amines) is 1. The van der Waals surface area contributed by atoms with Crippen LogP contribution in [0.3, 0.4) is 0 Å². The highest BCUT2D eigenvalue weighted by atomic mass is 32.2. The molecule has 1 aromatic rings. The fraction of sp³-hybridized carbons (Fsp3) is 0.810. The highest BCUT2D eigenvalue weighted by Gasteiger charge is 2.41. The molecule has 3 saturated heterocycles. The van der Waals surface area contributed by atoms with E-state index >= 15 is 0 Å². The number of aromatic nitrogens is 2. The maximum atomic E-state index is 12.4. The lowest BCUT2D eigenvalue weighted by molar-refractivity contribution is -0.193. The number of amides is 1. The van der Waals surface area contributed by atoms with Crippen molar-refractivity contribution in [3.63, 3.8) is 0 Å². The number of nitriles is 1. The molecule has 3 aliphatic heterocycles. The Balaban J connectivity index is 0.000000349. The first-order valence-electron chi connectivity index (χ1n) is 12.3. The van der Waals surface area contributed by atoms with Crippen molar-refractivity contribution in [3.8, 4) is 6.07 Å². The largest absolute Gasteiger partial charge is 0.490 e. The Morgan fingerprint density at radius 1 is 0.976 bits per heavy atom. The number of piperidine rings is 1. The zero-order valence-corrected chi connectivity index (χ0v) is 22.6. The summed E-state index contributed by atoms with van der Waals surface area (Å²) in [6.45, 7) is 7.12. The quantitative estimate of drug-likeness (QED) is 0.462. The Kier molecular flexibility index (Phi) is 12.3. The fourth-order valence-electron chi connectivity index (χ4n) is 4.00. The number of carbonyl (C=O) groups excluding carboxylic acids is 1. The minimum atomic E-state index is -5.08. The van der Waals surface area contributed by atoms with E-state index in [1.165, 1.54) is 0 Å². The molecular weight excluding hydrogens is 594 g/mol. The summed E-state index contributed by atoms with van der Waals surface area (Å²) in [4.78, 5) is 38.0. The van der Waals surface area contributed by atoms with Crippen molar-refractivity contribution in [1.29, 1.82) is 5.26 Å². The van der Waals surface area contributed by atoms with Crippen LogP contribution in [0.2, 0.25) is 0 Å². The second-order valence-corrected chi connectivity index (χ2v) is 10.2. The third-order valence-electron chi connectivity index (χ3n) is 6.13. The number of hydrogen-bond acceptors (Lipinski definition) is 9. The van der Waals surface area contributed by atoms with Crippen molar-refractivity contribution in [3.05, 3.63) is 0 Å². The molecular formula is C21H30F6N6O7S. The van der Waals surface area contributed by atoms with Crippen LogP contribution >= 0.6 is 11.8 Å². The summed E-state index contributed by atoms with van der Waals surface area (Å²) in [6.07, 6.45) is -7.26. The molecule has 0 saturated carbocycles. The Morgan fingerprint density at radius 2 is 1.49 bits per heavy atom. The Labute approximate surface area is 234 Å². The minimum Gasteiger partial charge on any atom is -0.475 e. The average Bonchev–Trinajstić information content (AvgIpc) is 3.59. The molecule has 41 heavy (non-hydrogen) atoms. The molecule has 234 valence electrons. The number of aliphatic carboxylic acids is 2. The molecule has 13 nitrogen and oxygen atoms in total. The summed E-state index contributed by atoms with van der Waals surface area (Å²) < 4.78 is 74.5. The summed E-state index contributed by atoms with van der Waals surface area (Å²) in [6, 6.07) is 2.56. The molecule has 0 bridgehead atoms. The van der Waals surface area contributed by atoms with E-state index in [1.54, 1.807) is 4.96 Å². The third kappa shape index (κ3) is 10.4. The van der Waals surface area contributed by atoms with Crippen molar-refractivity contribution in [2.75, 3.05) is 56.7 Å². The van der Waals surface area contributed by atoms with Gasteiger partial charge in [-0.1, -0.05) is 11.8 Å². The van der Waals surface area contributed by atoms with Gasteiger partial charge in [0.15, 0.2) is 0 Å². The van der Waals surface area contributed by atoms with Crippen molar-refractivity contribution in [1.82, 2.24) is 19.6 Å². The summed E-state index contributed by atoms with van der Waals surface area (Å²) in [5, 5.41) is 26.0. The number of halogens is 6. The normalized spacial score (nSPS) is 22.3. The van der Waals surface area contributed by atoms with E-state index < -0.39 is 24.3 Å². The topological polar surface area (TPSA) is 157 Å². The molecule has 2 atom stereocenters. The van der Waals surface area contributed by atoms with Gasteiger partial charge in [0, 0.05) is 36.9 Å². The predicted octanol–water partition coefficient (Wildman–Crippen LogP) is 1.96. The van der Waals surface area contributed by atoms with Gasteiger partial charge in [-0.25, -0.2) is 19.2 Å². The number of carboxylic acids is 2. The number of rotatable bonds is 5. The van der Waals surface area contributed by atoms with Crippen LogP contribution in [0.1, 0.15) is 32.2 Å². The van der Waals surface area contributed by atoms with E-state index in [9.17, 15) is 36.4 Å². The maximum Gasteiger partial charge on any atom is 0.490 e. The lowest BCUT2D eigenvalue weighted by atomic mass is 10.1. The van der Waals surface area contributed by atoms with E-state index in [4.69, 9.17) is 29.2 Å². The van der Waals surface area contributed by atoms with Crippen molar-refractivity contribution in [2.24, 2.45) is 0 Å². The van der Waals surface area contributed by atoms with Crippen molar-refractivity contribution in [2.45, 2.75) is 56.0 Å². The first-order valence-corrected chi connectivity index (χ1v) is 13.4. The molecule has 4 rings (SSSR count). The average molecular weight is 625 g/mol. The standard InChI is InChI=1S/C17H28N6O3S.2C2HF3O2/c1-2-17-21(15(11-18)13-27-17)23-22(26-23)14-3-5-19(6-4-14)12-16(24)20-7-9-25-10-8-20;2*3-2(4,5)1(6)7/h14-15,17H,2-10,12-13H2,1H3;2*(H,6,7). The van der Waals surface area contributed by atoms with Crippen LogP contribution < -0.4 is 5.01 Å². The van der Waals surface area contributed by atoms with Crippen LogP contribution in [0.4, 0.5) is 26.3 Å². The molecule has 4 heterocycles. The number of carbonyl (C=O) groups is 3. The molecule has 2 N–H and O–H groups in total. The molecule has 0 aliphatic carbocycles. The first-order chi connectivity index (χ1) is 19.1. The number of morpholine rings is 1. The van der Waals surface area contributed by atoms with Gasteiger partial charge in [0.2, 0.25) is 5.91 Å². The lowest BCUT2D eigenvalue weighted by Crippen LogP contribution is -2.47. The lowest BCUT2D eigenvalue weighted by Gasteiger charge is -2.33. The van der Waals surface area contributed by atoms with Crippen LogP contribution in [0.25, 0.3) is 0 Å². The van der Waals surface area contributed by atoms with Crippen LogP contribution in [-0.4, -0.2) is 123 Å². The molecule has 20 heteroatoms. The molecule has 0 spiro atoms. The fourth-order valence-corrected chi connectivity index (χ4v) is 5.25. The maximum absolute atomic E-state index is 12.4. The monoisotopic (exact) mass is 624 g/mol. The summed E-state index contributed by atoms with van der Waals surface area (Å²) >= 11 is 1.82.